The summed E-state index contributed by atoms with van der Waals surface area (Å²) in [5, 5.41) is 14.8. The summed E-state index contributed by atoms with van der Waals surface area (Å²) in [6.07, 6.45) is 0. The number of rotatable bonds is 0. The predicted molar refractivity (Wildman–Crippen MR) is 42.3 cm³/mol. The molecule has 0 aliphatic carbocycles. The summed E-state index contributed by atoms with van der Waals surface area (Å²) in [7, 11) is 0. The van der Waals surface area contributed by atoms with Crippen molar-refractivity contribution in [3.8, 4) is 0 Å². The summed E-state index contributed by atoms with van der Waals surface area (Å²) >= 11 is 0. The molecule has 48 valence electrons. The molecule has 0 heterocycles. The summed E-state index contributed by atoms with van der Waals surface area (Å²) in [6, 6.07) is 0. The molecule has 0 aromatic rings. The van der Waals surface area contributed by atoms with Gasteiger partial charge in [-0.15, -0.1) is 0 Å². The minimum absolute atomic E-state index is 0. The molecule has 0 saturated carbocycles. The topological polar surface area (TPSA) is 74.6 Å². The Bertz CT molecular complexity index is 84.6. The molecule has 2 N–H and O–H groups in total. The first-order valence-corrected chi connectivity index (χ1v) is 1.11. The second-order valence-electron chi connectivity index (χ2n) is 0.610. The minimum atomic E-state index is -1.82. The molecule has 0 aliphatic rings. The van der Waals surface area contributed by atoms with E-state index < -0.39 is 11.9 Å². The molecule has 0 aliphatic heterocycles. The fraction of sp³-hybridized carbons (Fsp3) is 0. The summed E-state index contributed by atoms with van der Waals surface area (Å²) in [4.78, 5) is 18.2. The Kier molecular flexibility index (Phi) is 28.0. The normalized spacial score (nSPS) is 4.89. The zero-order valence-corrected chi connectivity index (χ0v) is 2.71. The van der Waals surface area contributed by atoms with Crippen molar-refractivity contribution in [1.29, 1.82) is 0 Å². The van der Waals surface area contributed by atoms with Crippen LogP contribution in [0.2, 0.25) is 0 Å². The summed E-state index contributed by atoms with van der Waals surface area (Å²) in [5.74, 6) is -3.65. The second kappa shape index (κ2) is 11.0. The molecule has 0 spiro atoms. The van der Waals surface area contributed by atoms with Gasteiger partial charge in [0.15, 0.2) is 17.4 Å². The third-order valence-corrected chi connectivity index (χ3v) is 0.183. The van der Waals surface area contributed by atoms with Gasteiger partial charge in [-0.2, -0.15) is 0 Å². The maximum atomic E-state index is 9.10. The third-order valence-electron chi connectivity index (χ3n) is 0.183. The van der Waals surface area contributed by atoms with E-state index >= 15 is 0 Å². The van der Waals surface area contributed by atoms with Crippen molar-refractivity contribution in [2.75, 3.05) is 0 Å². The van der Waals surface area contributed by atoms with Gasteiger partial charge in [0.1, 0.15) is 0 Å². The molecule has 0 atom stereocenters. The number of aliphatic carboxylic acids is 2. The van der Waals surface area contributed by atoms with Crippen LogP contribution in [0.1, 0.15) is 0 Å². The van der Waals surface area contributed by atoms with Crippen LogP contribution in [-0.4, -0.2) is 66.8 Å². The Morgan fingerprint density at radius 3 is 1.11 bits per heavy atom. The van der Waals surface area contributed by atoms with Crippen LogP contribution < -0.4 is 0 Å². The van der Waals surface area contributed by atoms with Crippen molar-refractivity contribution in [3.05, 3.63) is 0 Å². The van der Waals surface area contributed by atoms with E-state index in [1.54, 1.807) is 0 Å². The molecule has 7 heteroatoms. The van der Waals surface area contributed by atoms with Crippen LogP contribution in [0.15, 0.2) is 0 Å². The van der Waals surface area contributed by atoms with E-state index in [0.29, 0.717) is 0 Å². The van der Waals surface area contributed by atoms with Gasteiger partial charge in [-0.05, 0) is 0 Å². The number of hydrogen-bond acceptors (Lipinski definition) is 2. The van der Waals surface area contributed by atoms with E-state index in [-0.39, 0.29) is 44.6 Å². The number of carboxylic acids is 2. The third kappa shape index (κ3) is 17.9. The van der Waals surface area contributed by atoms with Crippen molar-refractivity contribution in [3.63, 3.8) is 0 Å². The van der Waals surface area contributed by atoms with Crippen LogP contribution in [0.3, 0.4) is 0 Å². The number of hydrogen-bond donors (Lipinski definition) is 2. The first-order valence-electron chi connectivity index (χ1n) is 1.11. The molecule has 0 rings (SSSR count). The number of carbonyl (C=O) groups is 2. The summed E-state index contributed by atoms with van der Waals surface area (Å²) < 4.78 is 0. The zero-order valence-electron chi connectivity index (χ0n) is 2.71. The number of carboxylic acid groups (broad SMARTS) is 2. The van der Waals surface area contributed by atoms with Gasteiger partial charge in [0.2, 0.25) is 0 Å². The summed E-state index contributed by atoms with van der Waals surface area (Å²) in [5.41, 5.74) is 0. The quantitative estimate of drug-likeness (QED) is 0.268. The summed E-state index contributed by atoms with van der Waals surface area (Å²) in [6.45, 7) is 0. The Labute approximate surface area is 76.5 Å². The average Bonchev–Trinajstić information content (AvgIpc) is 1.36. The SMILES string of the molecule is B.O=C(O)C(=O)O.[AlH3].[LiH]. The molecular weight excluding hydrogens is 133 g/mol. The Hall–Kier alpha value is 0.135. The van der Waals surface area contributed by atoms with Gasteiger partial charge in [-0.3, -0.25) is 0 Å². The van der Waals surface area contributed by atoms with Gasteiger partial charge >= 0.3 is 30.8 Å². The van der Waals surface area contributed by atoms with Gasteiger partial charge in [-0.1, -0.05) is 0 Å². The molecule has 0 unspecified atom stereocenters. The molecule has 0 fully saturated rings. The Morgan fingerprint density at radius 2 is 1.11 bits per heavy atom. The van der Waals surface area contributed by atoms with Gasteiger partial charge in [0, 0.05) is 0 Å². The van der Waals surface area contributed by atoms with Crippen LogP contribution >= 0.6 is 0 Å². The van der Waals surface area contributed by atoms with Crippen molar-refractivity contribution < 1.29 is 19.8 Å². The van der Waals surface area contributed by atoms with Gasteiger partial charge in [0.05, 0.1) is 8.41 Å². The van der Waals surface area contributed by atoms with Crippen molar-refractivity contribution in [1.82, 2.24) is 0 Å². The fourth-order valence-electron chi connectivity index (χ4n) is 0. The fourth-order valence-corrected chi connectivity index (χ4v) is 0. The molecule has 0 bridgehead atoms. The van der Waals surface area contributed by atoms with Gasteiger partial charge in [-0.25, -0.2) is 9.59 Å². The average molecular weight is 142 g/mol. The maximum absolute atomic E-state index is 9.10. The van der Waals surface area contributed by atoms with Gasteiger partial charge < -0.3 is 10.2 Å². The van der Waals surface area contributed by atoms with E-state index in [0.717, 1.165) is 0 Å². The standard InChI is InChI=1S/C2H2O4.Al.BH3.Li.4H/c3-1(4)2(5)6;;;;;;;/h(H,3,4)(H,5,6);;1H3;;;;;. The molecule has 0 saturated heterocycles. The molecule has 0 radical (unpaired) electrons. The van der Waals surface area contributed by atoms with E-state index in [9.17, 15) is 0 Å². The van der Waals surface area contributed by atoms with E-state index in [1.165, 1.54) is 0 Å². The Morgan fingerprint density at radius 1 is 1.00 bits per heavy atom. The first kappa shape index (κ1) is 22.9. The first-order chi connectivity index (χ1) is 2.64. The molecule has 0 aromatic carbocycles. The molecule has 9 heavy (non-hydrogen) atoms. The molecule has 0 aromatic heterocycles. The zero-order chi connectivity index (χ0) is 5.15. The van der Waals surface area contributed by atoms with E-state index in [4.69, 9.17) is 19.8 Å². The van der Waals surface area contributed by atoms with E-state index in [2.05, 4.69) is 0 Å². The van der Waals surface area contributed by atoms with Crippen molar-refractivity contribution >= 4 is 56.6 Å². The molecule has 4 nitrogen and oxygen atoms in total. The van der Waals surface area contributed by atoms with Crippen molar-refractivity contribution in [2.24, 2.45) is 0 Å². The molecular formula is C2H9AlBLiO4. The van der Waals surface area contributed by atoms with Crippen molar-refractivity contribution in [2.45, 2.75) is 0 Å². The van der Waals surface area contributed by atoms with Crippen LogP contribution in [-0.2, 0) is 9.59 Å². The van der Waals surface area contributed by atoms with Crippen LogP contribution in [0.25, 0.3) is 0 Å². The van der Waals surface area contributed by atoms with Gasteiger partial charge in [0.25, 0.3) is 0 Å². The predicted octanol–water partition coefficient (Wildman–Crippen LogP) is -3.86. The van der Waals surface area contributed by atoms with Crippen LogP contribution in [0, 0.1) is 0 Å². The van der Waals surface area contributed by atoms with Crippen LogP contribution in [0.4, 0.5) is 0 Å². The Balaban J connectivity index is -0.0000000417. The monoisotopic (exact) mass is 142 g/mol. The van der Waals surface area contributed by atoms with Crippen LogP contribution in [0.5, 0.6) is 0 Å². The second-order valence-corrected chi connectivity index (χ2v) is 0.610. The van der Waals surface area contributed by atoms with E-state index in [1.807, 2.05) is 0 Å². The molecule has 0 amide bonds.